The van der Waals surface area contributed by atoms with Gasteiger partial charge in [0.1, 0.15) is 6.04 Å². The van der Waals surface area contributed by atoms with Gasteiger partial charge in [0.25, 0.3) is 0 Å². The molecule has 0 heterocycles. The molecule has 2 aromatic carbocycles. The number of amides is 3. The van der Waals surface area contributed by atoms with Gasteiger partial charge in [-0.05, 0) is 43.0 Å². The number of carbonyl (C=O) groups excluding carboxylic acids is 3. The van der Waals surface area contributed by atoms with Crippen LogP contribution in [0.3, 0.4) is 0 Å². The molecule has 11 heteroatoms. The molecule has 0 saturated carbocycles. The van der Waals surface area contributed by atoms with Crippen LogP contribution in [0.25, 0.3) is 0 Å². The molecule has 10 nitrogen and oxygen atoms in total. The monoisotopic (exact) mass is 588 g/mol. The Morgan fingerprint density at radius 3 is 2.12 bits per heavy atom. The van der Waals surface area contributed by atoms with Crippen LogP contribution in [0.2, 0.25) is 5.02 Å². The van der Waals surface area contributed by atoms with Crippen molar-refractivity contribution >= 4 is 35.3 Å². The highest BCUT2D eigenvalue weighted by Gasteiger charge is 2.29. The third-order valence-corrected chi connectivity index (χ3v) is 7.31. The van der Waals surface area contributed by atoms with E-state index in [0.29, 0.717) is 17.9 Å². The highest BCUT2D eigenvalue weighted by molar-refractivity contribution is 6.30. The number of rotatable bonds is 16. The Balaban J connectivity index is 2.05. The van der Waals surface area contributed by atoms with Gasteiger partial charge >= 0.3 is 5.97 Å². The lowest BCUT2D eigenvalue weighted by atomic mass is 9.94. The predicted molar refractivity (Wildman–Crippen MR) is 157 cm³/mol. The molecule has 3 amide bonds. The standard InChI is InChI=1S/C30H41ClN4O6/c1-20(34(2)29(39)23(16-28(37)38)14-21-8-6-5-7-9-21)18-33-27(36)17-25(15-22-10-12-24(31)13-11-22)35(3)30(40)26(32)19-41-4/h5-13,20,23,25-26H,14-19,32H2,1-4H3,(H,33,36)(H,37,38)/t20-,23+,25-,26-/m0/s1. The third kappa shape index (κ3) is 11.1. The van der Waals surface area contributed by atoms with E-state index in [2.05, 4.69) is 5.32 Å². The van der Waals surface area contributed by atoms with Crippen LogP contribution in [-0.2, 0) is 36.8 Å². The number of methoxy groups -OCH3 is 1. The lowest BCUT2D eigenvalue weighted by Gasteiger charge is -2.31. The minimum absolute atomic E-state index is 0.00456. The average Bonchev–Trinajstić information content (AvgIpc) is 2.95. The van der Waals surface area contributed by atoms with Crippen molar-refractivity contribution in [3.05, 3.63) is 70.7 Å². The number of hydrogen-bond acceptors (Lipinski definition) is 6. The van der Waals surface area contributed by atoms with E-state index in [1.165, 1.54) is 16.9 Å². The van der Waals surface area contributed by atoms with Crippen LogP contribution in [-0.4, -0.2) is 91.1 Å². The summed E-state index contributed by atoms with van der Waals surface area (Å²) in [5.41, 5.74) is 7.73. The van der Waals surface area contributed by atoms with Crippen LogP contribution in [0.15, 0.2) is 54.6 Å². The van der Waals surface area contributed by atoms with Crippen LogP contribution in [0, 0.1) is 5.92 Å². The Labute approximate surface area is 246 Å². The lowest BCUT2D eigenvalue weighted by Crippen LogP contribution is -2.51. The molecule has 0 unspecified atom stereocenters. The third-order valence-electron chi connectivity index (χ3n) is 7.06. The van der Waals surface area contributed by atoms with Crippen molar-refractivity contribution in [3.8, 4) is 0 Å². The quantitative estimate of drug-likeness (QED) is 0.273. The van der Waals surface area contributed by atoms with Gasteiger partial charge in [-0.15, -0.1) is 0 Å². The second-order valence-electron chi connectivity index (χ2n) is 10.3. The molecule has 4 atom stereocenters. The van der Waals surface area contributed by atoms with Crippen molar-refractivity contribution in [1.82, 2.24) is 15.1 Å². The van der Waals surface area contributed by atoms with Crippen LogP contribution in [0.4, 0.5) is 0 Å². The lowest BCUT2D eigenvalue weighted by molar-refractivity contribution is -0.144. The van der Waals surface area contributed by atoms with Crippen LogP contribution < -0.4 is 11.1 Å². The molecular weight excluding hydrogens is 548 g/mol. The number of carboxylic acids is 1. The molecule has 2 aromatic rings. The average molecular weight is 589 g/mol. The van der Waals surface area contributed by atoms with E-state index in [-0.39, 0.29) is 43.7 Å². The molecule has 0 spiro atoms. The summed E-state index contributed by atoms with van der Waals surface area (Å²) in [6, 6.07) is 14.7. The summed E-state index contributed by atoms with van der Waals surface area (Å²) in [4.78, 5) is 53.6. The second-order valence-corrected chi connectivity index (χ2v) is 10.7. The number of likely N-dealkylation sites (N-methyl/N-ethyl adjacent to an activating group) is 2. The van der Waals surface area contributed by atoms with Crippen molar-refractivity contribution in [2.24, 2.45) is 11.7 Å². The number of carboxylic acid groups (broad SMARTS) is 1. The molecule has 0 aliphatic heterocycles. The fourth-order valence-corrected chi connectivity index (χ4v) is 4.60. The first-order chi connectivity index (χ1) is 19.4. The molecule has 0 aromatic heterocycles. The fraction of sp³-hybridized carbons (Fsp3) is 0.467. The summed E-state index contributed by atoms with van der Waals surface area (Å²) in [5.74, 6) is -2.75. The minimum atomic E-state index is -1.05. The summed E-state index contributed by atoms with van der Waals surface area (Å²) in [6.45, 7) is 1.98. The first kappa shape index (κ1) is 33.7. The Morgan fingerprint density at radius 2 is 1.54 bits per heavy atom. The molecule has 0 fully saturated rings. The maximum Gasteiger partial charge on any atom is 0.304 e. The van der Waals surface area contributed by atoms with Gasteiger partial charge in [-0.1, -0.05) is 54.1 Å². The van der Waals surface area contributed by atoms with Crippen molar-refractivity contribution in [2.75, 3.05) is 34.4 Å². The molecule has 2 rings (SSSR count). The van der Waals surface area contributed by atoms with Gasteiger partial charge in [-0.2, -0.15) is 0 Å². The largest absolute Gasteiger partial charge is 0.481 e. The predicted octanol–water partition coefficient (Wildman–Crippen LogP) is 2.37. The van der Waals surface area contributed by atoms with Crippen LogP contribution in [0.5, 0.6) is 0 Å². The van der Waals surface area contributed by atoms with Gasteiger partial charge in [-0.25, -0.2) is 0 Å². The number of hydrogen-bond donors (Lipinski definition) is 3. The number of ether oxygens (including phenoxy) is 1. The summed E-state index contributed by atoms with van der Waals surface area (Å²) in [7, 11) is 4.67. The number of nitrogens with one attached hydrogen (secondary N) is 1. The molecule has 224 valence electrons. The highest BCUT2D eigenvalue weighted by Crippen LogP contribution is 2.18. The highest BCUT2D eigenvalue weighted by atomic mass is 35.5. The Morgan fingerprint density at radius 1 is 0.927 bits per heavy atom. The maximum absolute atomic E-state index is 13.2. The van der Waals surface area contributed by atoms with Crippen LogP contribution >= 0.6 is 11.6 Å². The van der Waals surface area contributed by atoms with E-state index in [9.17, 15) is 24.3 Å². The number of benzene rings is 2. The van der Waals surface area contributed by atoms with Crippen molar-refractivity contribution < 1.29 is 29.0 Å². The summed E-state index contributed by atoms with van der Waals surface area (Å²) >= 11 is 6.01. The Kier molecular flexibility index (Phi) is 13.8. The van der Waals surface area contributed by atoms with E-state index in [4.69, 9.17) is 22.1 Å². The molecule has 0 radical (unpaired) electrons. The number of carbonyl (C=O) groups is 4. The number of nitrogens with zero attached hydrogens (tertiary/aromatic N) is 2. The fourth-order valence-electron chi connectivity index (χ4n) is 4.48. The van der Waals surface area contributed by atoms with E-state index < -0.39 is 30.0 Å². The Bertz CT molecular complexity index is 1150. The van der Waals surface area contributed by atoms with Gasteiger partial charge in [0, 0.05) is 51.3 Å². The van der Waals surface area contributed by atoms with E-state index in [1.54, 1.807) is 33.2 Å². The van der Waals surface area contributed by atoms with Gasteiger partial charge in [0.05, 0.1) is 18.9 Å². The molecule has 41 heavy (non-hydrogen) atoms. The van der Waals surface area contributed by atoms with E-state index in [1.807, 2.05) is 42.5 Å². The van der Waals surface area contributed by atoms with Crippen LogP contribution in [0.1, 0.15) is 30.9 Å². The van der Waals surface area contributed by atoms with E-state index in [0.717, 1.165) is 11.1 Å². The topological polar surface area (TPSA) is 142 Å². The van der Waals surface area contributed by atoms with Crippen molar-refractivity contribution in [1.29, 1.82) is 0 Å². The first-order valence-corrected chi connectivity index (χ1v) is 13.8. The van der Waals surface area contributed by atoms with Gasteiger partial charge < -0.3 is 30.7 Å². The van der Waals surface area contributed by atoms with Gasteiger partial charge in [-0.3, -0.25) is 19.2 Å². The summed E-state index contributed by atoms with van der Waals surface area (Å²) in [5, 5.41) is 12.8. The summed E-state index contributed by atoms with van der Waals surface area (Å²) in [6.07, 6.45) is 0.407. The second kappa shape index (κ2) is 16.7. The molecule has 0 bridgehead atoms. The smallest absolute Gasteiger partial charge is 0.304 e. The van der Waals surface area contributed by atoms with Gasteiger partial charge in [0.2, 0.25) is 17.7 Å². The van der Waals surface area contributed by atoms with Crippen molar-refractivity contribution in [3.63, 3.8) is 0 Å². The van der Waals surface area contributed by atoms with Gasteiger partial charge in [0.15, 0.2) is 0 Å². The Hall–Kier alpha value is -3.47. The summed E-state index contributed by atoms with van der Waals surface area (Å²) < 4.78 is 5.01. The number of aliphatic carboxylic acids is 1. The molecule has 0 aliphatic rings. The molecular formula is C30H41ClN4O6. The number of nitrogens with two attached hydrogens (primary N) is 1. The zero-order valence-electron chi connectivity index (χ0n) is 24.1. The molecule has 0 saturated heterocycles. The van der Waals surface area contributed by atoms with Crippen molar-refractivity contribution in [2.45, 2.75) is 50.7 Å². The number of halogens is 1. The van der Waals surface area contributed by atoms with E-state index >= 15 is 0 Å². The first-order valence-electron chi connectivity index (χ1n) is 13.5. The molecule has 4 N–H and O–H groups in total. The maximum atomic E-state index is 13.2. The minimum Gasteiger partial charge on any atom is -0.481 e. The zero-order valence-corrected chi connectivity index (χ0v) is 24.8. The SMILES string of the molecule is COC[C@H](N)C(=O)N(C)[C@H](CC(=O)NC[C@H](C)N(C)C(=O)[C@@H](CC(=O)O)Cc1ccccc1)Cc1ccc(Cl)cc1. The molecule has 0 aliphatic carbocycles. The normalized spacial score (nSPS) is 13.9. The zero-order chi connectivity index (χ0) is 30.5.